The molecule has 1 heterocycles. The van der Waals surface area contributed by atoms with E-state index in [1.807, 2.05) is 0 Å². The lowest BCUT2D eigenvalue weighted by atomic mass is 10.1. The standard InChI is InChI=1S/C13H15N3O4S/c1-7-10(13(14)17)5-4-6-11(7)16-21(18,19)12-8(2)15-20-9(12)3/h4-6,16H,1-3H3,(H2,14,17). The van der Waals surface area contributed by atoms with Gasteiger partial charge in [0.05, 0.1) is 5.69 Å². The Morgan fingerprint density at radius 2 is 1.95 bits per heavy atom. The van der Waals surface area contributed by atoms with Crippen molar-refractivity contribution in [2.45, 2.75) is 25.7 Å². The van der Waals surface area contributed by atoms with Gasteiger partial charge in [-0.3, -0.25) is 9.52 Å². The summed E-state index contributed by atoms with van der Waals surface area (Å²) in [5.41, 5.74) is 6.52. The van der Waals surface area contributed by atoms with Gasteiger partial charge in [0, 0.05) is 5.56 Å². The van der Waals surface area contributed by atoms with E-state index in [0.717, 1.165) is 0 Å². The zero-order valence-corrected chi connectivity index (χ0v) is 12.6. The molecule has 0 unspecified atom stereocenters. The van der Waals surface area contributed by atoms with Crippen molar-refractivity contribution in [2.24, 2.45) is 5.73 Å². The molecule has 0 saturated heterocycles. The molecule has 0 radical (unpaired) electrons. The Bertz CT molecular complexity index is 789. The fraction of sp³-hybridized carbons (Fsp3) is 0.231. The maximum atomic E-state index is 12.4. The Kier molecular flexibility index (Phi) is 3.73. The average molecular weight is 309 g/mol. The van der Waals surface area contributed by atoms with E-state index in [2.05, 4.69) is 9.88 Å². The highest BCUT2D eigenvalue weighted by Gasteiger charge is 2.25. The van der Waals surface area contributed by atoms with Crippen LogP contribution in [0.4, 0.5) is 5.69 Å². The number of benzene rings is 1. The molecule has 112 valence electrons. The summed E-state index contributed by atoms with van der Waals surface area (Å²) < 4.78 is 32.1. The molecule has 0 atom stereocenters. The minimum absolute atomic E-state index is 0.00798. The number of sulfonamides is 1. The largest absolute Gasteiger partial charge is 0.366 e. The maximum absolute atomic E-state index is 12.4. The fourth-order valence-electron chi connectivity index (χ4n) is 2.07. The van der Waals surface area contributed by atoms with Crippen LogP contribution >= 0.6 is 0 Å². The van der Waals surface area contributed by atoms with Crippen LogP contribution in [0.5, 0.6) is 0 Å². The van der Waals surface area contributed by atoms with Crippen LogP contribution in [-0.2, 0) is 10.0 Å². The second kappa shape index (κ2) is 5.21. The molecule has 0 saturated carbocycles. The summed E-state index contributed by atoms with van der Waals surface area (Å²) in [6.45, 7) is 4.67. The number of rotatable bonds is 4. The van der Waals surface area contributed by atoms with Gasteiger partial charge in [0.2, 0.25) is 5.91 Å². The van der Waals surface area contributed by atoms with Crippen molar-refractivity contribution < 1.29 is 17.7 Å². The van der Waals surface area contributed by atoms with Gasteiger partial charge in [-0.2, -0.15) is 0 Å². The molecular formula is C13H15N3O4S. The molecule has 1 aromatic heterocycles. The number of anilines is 1. The van der Waals surface area contributed by atoms with E-state index >= 15 is 0 Å². The molecule has 0 spiro atoms. The first-order chi connectivity index (χ1) is 9.74. The third-order valence-electron chi connectivity index (χ3n) is 3.08. The molecule has 0 fully saturated rings. The van der Waals surface area contributed by atoms with Crippen molar-refractivity contribution in [3.8, 4) is 0 Å². The van der Waals surface area contributed by atoms with Crippen molar-refractivity contribution in [1.29, 1.82) is 0 Å². The summed E-state index contributed by atoms with van der Waals surface area (Å²) in [5, 5.41) is 3.62. The van der Waals surface area contributed by atoms with Crippen LogP contribution < -0.4 is 10.5 Å². The predicted molar refractivity (Wildman–Crippen MR) is 76.5 cm³/mol. The Labute approximate surface area is 122 Å². The predicted octanol–water partition coefficient (Wildman–Crippen LogP) is 1.50. The second-order valence-corrected chi connectivity index (χ2v) is 6.22. The number of aromatic nitrogens is 1. The number of nitrogens with zero attached hydrogens (tertiary/aromatic N) is 1. The lowest BCUT2D eigenvalue weighted by Crippen LogP contribution is -2.18. The average Bonchev–Trinajstić information content (AvgIpc) is 2.71. The number of hydrogen-bond donors (Lipinski definition) is 2. The zero-order chi connectivity index (χ0) is 15.8. The SMILES string of the molecule is Cc1noc(C)c1S(=O)(=O)Nc1cccc(C(N)=O)c1C. The highest BCUT2D eigenvalue weighted by Crippen LogP contribution is 2.25. The molecule has 0 aliphatic heterocycles. The number of carbonyl (C=O) groups is 1. The van der Waals surface area contributed by atoms with Crippen LogP contribution in [0, 0.1) is 20.8 Å². The summed E-state index contributed by atoms with van der Waals surface area (Å²) in [6.07, 6.45) is 0. The molecule has 1 aromatic carbocycles. The van der Waals surface area contributed by atoms with E-state index in [1.54, 1.807) is 19.1 Å². The molecule has 0 aliphatic carbocycles. The van der Waals surface area contributed by atoms with Crippen molar-refractivity contribution in [3.05, 3.63) is 40.8 Å². The molecule has 2 rings (SSSR count). The molecule has 3 N–H and O–H groups in total. The van der Waals surface area contributed by atoms with E-state index in [0.29, 0.717) is 5.56 Å². The van der Waals surface area contributed by atoms with Crippen molar-refractivity contribution in [2.75, 3.05) is 4.72 Å². The number of amides is 1. The Morgan fingerprint density at radius 3 is 2.48 bits per heavy atom. The van der Waals surface area contributed by atoms with Gasteiger partial charge < -0.3 is 10.3 Å². The van der Waals surface area contributed by atoms with Gasteiger partial charge in [-0.25, -0.2) is 8.42 Å². The Morgan fingerprint density at radius 1 is 1.29 bits per heavy atom. The van der Waals surface area contributed by atoms with E-state index < -0.39 is 15.9 Å². The summed E-state index contributed by atoms with van der Waals surface area (Å²) in [7, 11) is -3.85. The van der Waals surface area contributed by atoms with Crippen molar-refractivity contribution in [1.82, 2.24) is 5.16 Å². The van der Waals surface area contributed by atoms with E-state index in [-0.39, 0.29) is 27.6 Å². The molecule has 7 nitrogen and oxygen atoms in total. The van der Waals surface area contributed by atoms with Gasteiger partial charge in [-0.1, -0.05) is 11.2 Å². The minimum Gasteiger partial charge on any atom is -0.366 e. The monoisotopic (exact) mass is 309 g/mol. The van der Waals surface area contributed by atoms with E-state index in [1.165, 1.54) is 19.9 Å². The number of hydrogen-bond acceptors (Lipinski definition) is 5. The third kappa shape index (κ3) is 2.75. The van der Waals surface area contributed by atoms with E-state index in [9.17, 15) is 13.2 Å². The smallest absolute Gasteiger partial charge is 0.267 e. The first-order valence-corrected chi connectivity index (χ1v) is 7.57. The molecule has 0 aliphatic rings. The molecule has 2 aromatic rings. The molecule has 0 bridgehead atoms. The number of nitrogens with two attached hydrogens (primary N) is 1. The van der Waals surface area contributed by atoms with Crippen LogP contribution in [-0.4, -0.2) is 19.5 Å². The lowest BCUT2D eigenvalue weighted by Gasteiger charge is -2.12. The minimum atomic E-state index is -3.85. The van der Waals surface area contributed by atoms with Crippen LogP contribution in [0.2, 0.25) is 0 Å². The number of aryl methyl sites for hydroxylation is 2. The lowest BCUT2D eigenvalue weighted by molar-refractivity contribution is 0.0999. The summed E-state index contributed by atoms with van der Waals surface area (Å²) >= 11 is 0. The molecular weight excluding hydrogens is 294 g/mol. The normalized spacial score (nSPS) is 11.4. The maximum Gasteiger partial charge on any atom is 0.267 e. The highest BCUT2D eigenvalue weighted by molar-refractivity contribution is 7.92. The van der Waals surface area contributed by atoms with E-state index in [4.69, 9.17) is 10.3 Å². The second-order valence-electron chi connectivity index (χ2n) is 4.60. The van der Waals surface area contributed by atoms with Gasteiger partial charge >= 0.3 is 0 Å². The number of primary amides is 1. The van der Waals surface area contributed by atoms with Gasteiger partial charge in [-0.05, 0) is 38.5 Å². The zero-order valence-electron chi connectivity index (χ0n) is 11.8. The highest BCUT2D eigenvalue weighted by atomic mass is 32.2. The van der Waals surface area contributed by atoms with Crippen LogP contribution in [0.15, 0.2) is 27.6 Å². The quantitative estimate of drug-likeness (QED) is 0.888. The van der Waals surface area contributed by atoms with Gasteiger partial charge in [0.15, 0.2) is 10.7 Å². The molecule has 1 amide bonds. The van der Waals surface area contributed by atoms with Crippen LogP contribution in [0.1, 0.15) is 27.4 Å². The van der Waals surface area contributed by atoms with Gasteiger partial charge in [0.1, 0.15) is 5.69 Å². The van der Waals surface area contributed by atoms with Crippen LogP contribution in [0.25, 0.3) is 0 Å². The topological polar surface area (TPSA) is 115 Å². The Hall–Kier alpha value is -2.35. The van der Waals surface area contributed by atoms with Gasteiger partial charge in [0.25, 0.3) is 10.0 Å². The van der Waals surface area contributed by atoms with Crippen molar-refractivity contribution in [3.63, 3.8) is 0 Å². The summed E-state index contributed by atoms with van der Waals surface area (Å²) in [6, 6.07) is 4.64. The number of nitrogens with one attached hydrogen (secondary N) is 1. The molecule has 8 heteroatoms. The first-order valence-electron chi connectivity index (χ1n) is 6.09. The van der Waals surface area contributed by atoms with Crippen molar-refractivity contribution >= 4 is 21.6 Å². The summed E-state index contributed by atoms with van der Waals surface area (Å²) in [5.74, 6) is -0.422. The number of carbonyl (C=O) groups excluding carboxylic acids is 1. The van der Waals surface area contributed by atoms with Gasteiger partial charge in [-0.15, -0.1) is 0 Å². The molecule has 21 heavy (non-hydrogen) atoms. The summed E-state index contributed by atoms with van der Waals surface area (Å²) in [4.78, 5) is 11.3. The van der Waals surface area contributed by atoms with Crippen LogP contribution in [0.3, 0.4) is 0 Å². The Balaban J connectivity index is 2.48. The fourth-order valence-corrected chi connectivity index (χ4v) is 3.52. The third-order valence-corrected chi connectivity index (χ3v) is 4.69. The first kappa shape index (κ1) is 15.0.